The molecule has 1 saturated carbocycles. The van der Waals surface area contributed by atoms with E-state index in [1.165, 1.54) is 12.8 Å². The molecule has 0 radical (unpaired) electrons. The second-order valence-corrected chi connectivity index (χ2v) is 6.93. The van der Waals surface area contributed by atoms with Crippen molar-refractivity contribution in [2.45, 2.75) is 37.5 Å². The zero-order chi connectivity index (χ0) is 17.9. The van der Waals surface area contributed by atoms with Crippen molar-refractivity contribution < 1.29 is 9.32 Å². The average Bonchev–Trinajstić information content (AvgIpc) is 3.43. The van der Waals surface area contributed by atoms with Gasteiger partial charge in [-0.3, -0.25) is 4.79 Å². The van der Waals surface area contributed by atoms with E-state index < -0.39 is 0 Å². The van der Waals surface area contributed by atoms with Gasteiger partial charge in [-0.1, -0.05) is 11.2 Å². The summed E-state index contributed by atoms with van der Waals surface area (Å²) in [6, 6.07) is 3.72. The molecule has 4 rings (SSSR count). The molecule has 7 nitrogen and oxygen atoms in total. The maximum atomic E-state index is 11.9. The summed E-state index contributed by atoms with van der Waals surface area (Å²) in [5.41, 5.74) is 0.560. The Morgan fingerprint density at radius 2 is 2.08 bits per heavy atom. The number of nitrogens with one attached hydrogen (secondary N) is 1. The van der Waals surface area contributed by atoms with Crippen LogP contribution in [0.25, 0.3) is 0 Å². The molecule has 1 aliphatic carbocycles. The van der Waals surface area contributed by atoms with Gasteiger partial charge < -0.3 is 14.7 Å². The Labute approximate surface area is 152 Å². The van der Waals surface area contributed by atoms with E-state index in [1.807, 2.05) is 12.1 Å². The van der Waals surface area contributed by atoms with Crippen LogP contribution >= 0.6 is 0 Å². The largest absolute Gasteiger partial charge is 0.357 e. The molecule has 0 atom stereocenters. The Bertz CT molecular complexity index is 773. The molecular formula is C19H23N5O2. The standard InChI is InChI=1S/C19H23N5O2/c1-2-9-20-18(25)15-5-6-16(21-12-15)24-10-7-13(8-11-24)17-22-19(26-23-17)14-3-4-14/h2,5-6,12-14H,1,3-4,7-11H2,(H,20,25). The molecule has 1 amide bonds. The third kappa shape index (κ3) is 3.61. The summed E-state index contributed by atoms with van der Waals surface area (Å²) in [5.74, 6) is 3.29. The van der Waals surface area contributed by atoms with Crippen molar-refractivity contribution in [2.24, 2.45) is 0 Å². The van der Waals surface area contributed by atoms with Crippen molar-refractivity contribution in [3.05, 3.63) is 48.3 Å². The number of hydrogen-bond donors (Lipinski definition) is 1. The predicted molar refractivity (Wildman–Crippen MR) is 97.2 cm³/mol. The Morgan fingerprint density at radius 3 is 2.73 bits per heavy atom. The van der Waals surface area contributed by atoms with Crippen molar-refractivity contribution in [1.82, 2.24) is 20.4 Å². The molecule has 2 fully saturated rings. The fourth-order valence-corrected chi connectivity index (χ4v) is 3.25. The van der Waals surface area contributed by atoms with E-state index in [4.69, 9.17) is 4.52 Å². The van der Waals surface area contributed by atoms with E-state index in [1.54, 1.807) is 12.3 Å². The van der Waals surface area contributed by atoms with Crippen LogP contribution in [-0.2, 0) is 0 Å². The summed E-state index contributed by atoms with van der Waals surface area (Å²) < 4.78 is 5.39. The molecule has 26 heavy (non-hydrogen) atoms. The van der Waals surface area contributed by atoms with Crippen LogP contribution in [0.15, 0.2) is 35.5 Å². The SMILES string of the molecule is C=CCNC(=O)c1ccc(N2CCC(c3noc(C4CC4)n3)CC2)nc1. The topological polar surface area (TPSA) is 84.2 Å². The number of nitrogens with zero attached hydrogens (tertiary/aromatic N) is 4. The van der Waals surface area contributed by atoms with Crippen molar-refractivity contribution in [2.75, 3.05) is 24.5 Å². The van der Waals surface area contributed by atoms with Gasteiger partial charge in [0.15, 0.2) is 5.82 Å². The van der Waals surface area contributed by atoms with Gasteiger partial charge in [0.25, 0.3) is 5.91 Å². The summed E-state index contributed by atoms with van der Waals surface area (Å²) in [7, 11) is 0. The number of rotatable bonds is 6. The number of piperidine rings is 1. The van der Waals surface area contributed by atoms with Crippen molar-refractivity contribution in [1.29, 1.82) is 0 Å². The zero-order valence-electron chi connectivity index (χ0n) is 14.7. The van der Waals surface area contributed by atoms with Gasteiger partial charge in [0, 0.05) is 37.7 Å². The first-order valence-corrected chi connectivity index (χ1v) is 9.18. The normalized spacial score (nSPS) is 17.9. The molecule has 7 heteroatoms. The molecule has 136 valence electrons. The Morgan fingerprint density at radius 1 is 1.27 bits per heavy atom. The van der Waals surface area contributed by atoms with Gasteiger partial charge in [0.05, 0.1) is 5.56 Å². The third-order valence-corrected chi connectivity index (χ3v) is 4.99. The molecular weight excluding hydrogens is 330 g/mol. The molecule has 2 aliphatic rings. The van der Waals surface area contributed by atoms with Gasteiger partial charge >= 0.3 is 0 Å². The quantitative estimate of drug-likeness (QED) is 0.804. The monoisotopic (exact) mass is 353 g/mol. The highest BCUT2D eigenvalue weighted by Gasteiger charge is 2.32. The minimum atomic E-state index is -0.133. The summed E-state index contributed by atoms with van der Waals surface area (Å²) in [5, 5.41) is 6.94. The maximum absolute atomic E-state index is 11.9. The average molecular weight is 353 g/mol. The molecule has 0 bridgehead atoms. The molecule has 3 heterocycles. The van der Waals surface area contributed by atoms with Crippen LogP contribution in [0.3, 0.4) is 0 Å². The molecule has 0 spiro atoms. The second-order valence-electron chi connectivity index (χ2n) is 6.93. The van der Waals surface area contributed by atoms with E-state index in [2.05, 4.69) is 31.9 Å². The highest BCUT2D eigenvalue weighted by molar-refractivity contribution is 5.94. The highest BCUT2D eigenvalue weighted by atomic mass is 16.5. The number of pyridine rings is 1. The second kappa shape index (κ2) is 7.27. The maximum Gasteiger partial charge on any atom is 0.253 e. The van der Waals surface area contributed by atoms with Gasteiger partial charge in [-0.25, -0.2) is 4.98 Å². The zero-order valence-corrected chi connectivity index (χ0v) is 14.7. The molecule has 2 aromatic rings. The Balaban J connectivity index is 1.33. The minimum absolute atomic E-state index is 0.133. The van der Waals surface area contributed by atoms with E-state index >= 15 is 0 Å². The Kier molecular flexibility index (Phi) is 4.69. The van der Waals surface area contributed by atoms with Crippen molar-refractivity contribution in [3.8, 4) is 0 Å². The lowest BCUT2D eigenvalue weighted by atomic mass is 9.96. The summed E-state index contributed by atoms with van der Waals surface area (Å²) in [4.78, 5) is 23.2. The fraction of sp³-hybridized carbons (Fsp3) is 0.474. The van der Waals surface area contributed by atoms with Crippen molar-refractivity contribution >= 4 is 11.7 Å². The molecule has 0 unspecified atom stereocenters. The molecule has 2 aromatic heterocycles. The number of amides is 1. The summed E-state index contributed by atoms with van der Waals surface area (Å²) in [6.07, 6.45) is 7.59. The summed E-state index contributed by atoms with van der Waals surface area (Å²) >= 11 is 0. The number of carbonyl (C=O) groups is 1. The lowest BCUT2D eigenvalue weighted by Crippen LogP contribution is -2.34. The number of aromatic nitrogens is 3. The smallest absolute Gasteiger partial charge is 0.253 e. The molecule has 1 N–H and O–H groups in total. The lowest BCUT2D eigenvalue weighted by molar-refractivity contribution is 0.0957. The first-order chi connectivity index (χ1) is 12.7. The third-order valence-electron chi connectivity index (χ3n) is 4.99. The van der Waals surface area contributed by atoms with E-state index in [0.29, 0.717) is 23.9 Å². The van der Waals surface area contributed by atoms with Gasteiger partial charge in [0.2, 0.25) is 5.89 Å². The van der Waals surface area contributed by atoms with E-state index in [-0.39, 0.29) is 5.91 Å². The lowest BCUT2D eigenvalue weighted by Gasteiger charge is -2.31. The van der Waals surface area contributed by atoms with Gasteiger partial charge in [0.1, 0.15) is 5.82 Å². The van der Waals surface area contributed by atoms with Crippen LogP contribution in [0, 0.1) is 0 Å². The molecule has 0 aromatic carbocycles. The number of hydrogen-bond acceptors (Lipinski definition) is 6. The van der Waals surface area contributed by atoms with Crippen LogP contribution in [0.4, 0.5) is 5.82 Å². The summed E-state index contributed by atoms with van der Waals surface area (Å²) in [6.45, 7) is 5.83. The van der Waals surface area contributed by atoms with Crippen LogP contribution in [-0.4, -0.2) is 40.7 Å². The van der Waals surface area contributed by atoms with Gasteiger partial charge in [-0.2, -0.15) is 4.98 Å². The van der Waals surface area contributed by atoms with E-state index in [9.17, 15) is 4.79 Å². The Hall–Kier alpha value is -2.70. The van der Waals surface area contributed by atoms with Crippen LogP contribution in [0.1, 0.15) is 59.6 Å². The molecule has 1 aliphatic heterocycles. The highest BCUT2D eigenvalue weighted by Crippen LogP contribution is 2.39. The first-order valence-electron chi connectivity index (χ1n) is 9.18. The fourth-order valence-electron chi connectivity index (χ4n) is 3.25. The van der Waals surface area contributed by atoms with Gasteiger partial charge in [-0.15, -0.1) is 6.58 Å². The molecule has 1 saturated heterocycles. The first kappa shape index (κ1) is 16.8. The van der Waals surface area contributed by atoms with Crippen molar-refractivity contribution in [3.63, 3.8) is 0 Å². The van der Waals surface area contributed by atoms with Crippen LogP contribution in [0.5, 0.6) is 0 Å². The number of carbonyl (C=O) groups excluding carboxylic acids is 1. The minimum Gasteiger partial charge on any atom is -0.357 e. The van der Waals surface area contributed by atoms with E-state index in [0.717, 1.165) is 43.5 Å². The predicted octanol–water partition coefficient (Wildman–Crippen LogP) is 2.64. The van der Waals surface area contributed by atoms with Crippen LogP contribution in [0.2, 0.25) is 0 Å². The van der Waals surface area contributed by atoms with Crippen LogP contribution < -0.4 is 10.2 Å². The number of anilines is 1. The van der Waals surface area contributed by atoms with Gasteiger partial charge in [-0.05, 0) is 37.8 Å².